The van der Waals surface area contributed by atoms with Crippen LogP contribution in [0.4, 0.5) is 23.7 Å². The van der Waals surface area contributed by atoms with Gasteiger partial charge in [0.1, 0.15) is 11.8 Å². The van der Waals surface area contributed by atoms with E-state index in [2.05, 4.69) is 10.6 Å². The molecule has 4 aromatic carbocycles. The lowest BCUT2D eigenvalue weighted by Crippen LogP contribution is -2.58. The second-order valence-electron chi connectivity index (χ2n) is 11.9. The molecule has 0 radical (unpaired) electrons. The molecule has 0 saturated carbocycles. The molecule has 47 heavy (non-hydrogen) atoms. The van der Waals surface area contributed by atoms with Crippen LogP contribution in [0.25, 0.3) is 10.8 Å². The molecule has 1 unspecified atom stereocenters. The van der Waals surface area contributed by atoms with E-state index in [4.69, 9.17) is 0 Å². The van der Waals surface area contributed by atoms with Crippen LogP contribution < -0.4 is 10.6 Å². The number of benzene rings is 4. The maximum absolute atomic E-state index is 14.3. The predicted octanol–water partition coefficient (Wildman–Crippen LogP) is 6.73. The van der Waals surface area contributed by atoms with Gasteiger partial charge in [-0.25, -0.2) is 4.79 Å². The molecule has 5 rings (SSSR count). The summed E-state index contributed by atoms with van der Waals surface area (Å²) in [5.41, 5.74) is 0.976. The summed E-state index contributed by atoms with van der Waals surface area (Å²) in [4.78, 5) is 44.8. The molecule has 1 saturated heterocycles. The molecule has 4 aromatic rings. The Morgan fingerprint density at radius 3 is 2.32 bits per heavy atom. The van der Waals surface area contributed by atoms with E-state index in [1.54, 1.807) is 24.0 Å². The fourth-order valence-electron chi connectivity index (χ4n) is 6.13. The Morgan fingerprint density at radius 1 is 0.957 bits per heavy atom. The maximum atomic E-state index is 14.3. The number of carbonyl (C=O) groups is 3. The van der Waals surface area contributed by atoms with Crippen LogP contribution in [-0.2, 0) is 28.7 Å². The topological polar surface area (TPSA) is 102 Å². The van der Waals surface area contributed by atoms with E-state index in [0.29, 0.717) is 6.42 Å². The van der Waals surface area contributed by atoms with Crippen LogP contribution in [-0.4, -0.2) is 57.4 Å². The number of hydrogen-bond acceptors (Lipinski definition) is 4. The third kappa shape index (κ3) is 8.03. The van der Waals surface area contributed by atoms with Crippen LogP contribution in [0, 0.1) is 0 Å². The minimum absolute atomic E-state index is 0.0794. The predicted molar refractivity (Wildman–Crippen MR) is 174 cm³/mol. The Hall–Kier alpha value is -5.06. The van der Waals surface area contributed by atoms with Gasteiger partial charge in [0.05, 0.1) is 5.56 Å². The van der Waals surface area contributed by atoms with Crippen molar-refractivity contribution in [2.45, 2.75) is 64.0 Å². The summed E-state index contributed by atoms with van der Waals surface area (Å²) in [6, 6.07) is 21.6. The number of amides is 4. The third-order valence-corrected chi connectivity index (χ3v) is 8.51. The van der Waals surface area contributed by atoms with Crippen molar-refractivity contribution in [2.24, 2.45) is 0 Å². The summed E-state index contributed by atoms with van der Waals surface area (Å²) < 4.78 is 39.3. The molecular formula is C36H37F3N4O4. The van der Waals surface area contributed by atoms with Crippen molar-refractivity contribution in [2.75, 3.05) is 11.9 Å². The second kappa shape index (κ2) is 14.1. The lowest BCUT2D eigenvalue weighted by molar-refractivity contribution is -0.139. The SMILES string of the molecule is CCC1CC(=O)N[C@@H](Cc2ccc(O)cc2)C(=O)N(Cc2cccc3ccccc23)C[C@@H](C)N1C(=O)Nc1ccc(C(F)(F)F)cc1. The van der Waals surface area contributed by atoms with E-state index >= 15 is 0 Å². The van der Waals surface area contributed by atoms with E-state index in [9.17, 15) is 32.7 Å². The first-order valence-electron chi connectivity index (χ1n) is 15.5. The van der Waals surface area contributed by atoms with Gasteiger partial charge in [0.2, 0.25) is 11.8 Å². The Balaban J connectivity index is 1.48. The zero-order valence-electron chi connectivity index (χ0n) is 26.1. The molecule has 8 nitrogen and oxygen atoms in total. The Bertz CT molecular complexity index is 1720. The maximum Gasteiger partial charge on any atom is 0.416 e. The van der Waals surface area contributed by atoms with Gasteiger partial charge in [-0.2, -0.15) is 13.2 Å². The molecule has 0 aliphatic carbocycles. The number of alkyl halides is 3. The third-order valence-electron chi connectivity index (χ3n) is 8.51. The largest absolute Gasteiger partial charge is 0.508 e. The summed E-state index contributed by atoms with van der Waals surface area (Å²) in [5.74, 6) is -0.660. The molecule has 1 aliphatic heterocycles. The van der Waals surface area contributed by atoms with Crippen molar-refractivity contribution in [3.63, 3.8) is 0 Å². The summed E-state index contributed by atoms with van der Waals surface area (Å²) in [5, 5.41) is 17.3. The molecular weight excluding hydrogens is 609 g/mol. The van der Waals surface area contributed by atoms with Gasteiger partial charge >= 0.3 is 12.2 Å². The fourth-order valence-corrected chi connectivity index (χ4v) is 6.13. The fraction of sp³-hybridized carbons (Fsp3) is 0.306. The van der Waals surface area contributed by atoms with Crippen molar-refractivity contribution in [1.82, 2.24) is 15.1 Å². The van der Waals surface area contributed by atoms with Gasteiger partial charge in [-0.05, 0) is 71.6 Å². The van der Waals surface area contributed by atoms with Crippen LogP contribution in [0.2, 0.25) is 0 Å². The zero-order chi connectivity index (χ0) is 33.7. The van der Waals surface area contributed by atoms with E-state index < -0.39 is 41.8 Å². The summed E-state index contributed by atoms with van der Waals surface area (Å²) >= 11 is 0. The van der Waals surface area contributed by atoms with Crippen molar-refractivity contribution < 1.29 is 32.7 Å². The monoisotopic (exact) mass is 646 g/mol. The standard InChI is InChI=1S/C36H37F3N4O4/c1-3-29-20-33(45)41-32(19-24-11-17-30(44)18-12-24)34(46)42(22-26-9-6-8-25-7-4-5-10-31(25)26)21-23(2)43(29)35(47)40-28-15-13-27(14-16-28)36(37,38)39/h4-18,23,29,32,44H,3,19-22H2,1-2H3,(H,40,47)(H,41,45)/t23-,29?,32+/m1/s1. The Kier molecular flexibility index (Phi) is 10.0. The number of phenolic OH excluding ortho intramolecular Hbond substituents is 1. The highest BCUT2D eigenvalue weighted by Gasteiger charge is 2.36. The quantitative estimate of drug-likeness (QED) is 0.216. The van der Waals surface area contributed by atoms with E-state index in [-0.39, 0.29) is 43.3 Å². The highest BCUT2D eigenvalue weighted by atomic mass is 19.4. The highest BCUT2D eigenvalue weighted by molar-refractivity contribution is 5.92. The average molecular weight is 647 g/mol. The minimum atomic E-state index is -4.52. The lowest BCUT2D eigenvalue weighted by atomic mass is 9.99. The molecule has 3 atom stereocenters. The van der Waals surface area contributed by atoms with Gasteiger partial charge in [-0.15, -0.1) is 0 Å². The molecule has 1 heterocycles. The molecule has 246 valence electrons. The van der Waals surface area contributed by atoms with Crippen LogP contribution >= 0.6 is 0 Å². The van der Waals surface area contributed by atoms with Crippen LogP contribution in [0.3, 0.4) is 0 Å². The van der Waals surface area contributed by atoms with Gasteiger partial charge in [0, 0.05) is 43.7 Å². The number of hydrogen-bond donors (Lipinski definition) is 3. The first-order chi connectivity index (χ1) is 22.4. The number of nitrogens with zero attached hydrogens (tertiary/aromatic N) is 2. The number of fused-ring (bicyclic) bond motifs is 1. The van der Waals surface area contributed by atoms with Crippen LogP contribution in [0.1, 0.15) is 43.4 Å². The molecule has 0 bridgehead atoms. The molecule has 0 aromatic heterocycles. The minimum Gasteiger partial charge on any atom is -0.508 e. The highest BCUT2D eigenvalue weighted by Crippen LogP contribution is 2.30. The van der Waals surface area contributed by atoms with Gasteiger partial charge in [0.25, 0.3) is 0 Å². The molecule has 1 aliphatic rings. The molecule has 0 spiro atoms. The average Bonchev–Trinajstić information content (AvgIpc) is 3.04. The van der Waals surface area contributed by atoms with Crippen molar-refractivity contribution in [1.29, 1.82) is 0 Å². The number of halogens is 3. The number of phenols is 1. The summed E-state index contributed by atoms with van der Waals surface area (Å²) in [6.07, 6.45) is -3.99. The summed E-state index contributed by atoms with van der Waals surface area (Å²) in [6.45, 7) is 3.98. The number of nitrogens with one attached hydrogen (secondary N) is 2. The second-order valence-corrected chi connectivity index (χ2v) is 11.9. The number of urea groups is 1. The first kappa shape index (κ1) is 33.3. The van der Waals surface area contributed by atoms with Crippen LogP contribution in [0.5, 0.6) is 5.75 Å². The Morgan fingerprint density at radius 2 is 1.64 bits per heavy atom. The normalized spacial score (nSPS) is 19.4. The van der Waals surface area contributed by atoms with Crippen LogP contribution in [0.15, 0.2) is 91.0 Å². The Labute approximate surface area is 271 Å². The number of rotatable bonds is 6. The zero-order valence-corrected chi connectivity index (χ0v) is 26.1. The molecule has 1 fully saturated rings. The molecule has 3 N–H and O–H groups in total. The van der Waals surface area contributed by atoms with E-state index in [1.165, 1.54) is 29.2 Å². The van der Waals surface area contributed by atoms with Crippen molar-refractivity contribution >= 4 is 34.3 Å². The number of aromatic hydroxyl groups is 1. The van der Waals surface area contributed by atoms with Gasteiger partial charge in [-0.3, -0.25) is 9.59 Å². The van der Waals surface area contributed by atoms with Gasteiger partial charge in [0.15, 0.2) is 0 Å². The van der Waals surface area contributed by atoms with E-state index in [0.717, 1.165) is 34.0 Å². The van der Waals surface area contributed by atoms with Gasteiger partial charge in [-0.1, -0.05) is 61.5 Å². The summed E-state index contributed by atoms with van der Waals surface area (Å²) in [7, 11) is 0. The smallest absolute Gasteiger partial charge is 0.416 e. The first-order valence-corrected chi connectivity index (χ1v) is 15.5. The molecule has 4 amide bonds. The lowest BCUT2D eigenvalue weighted by Gasteiger charge is -2.40. The number of carbonyl (C=O) groups excluding carboxylic acids is 3. The van der Waals surface area contributed by atoms with Crippen molar-refractivity contribution in [3.05, 3.63) is 108 Å². The molecule has 11 heteroatoms. The number of anilines is 1. The van der Waals surface area contributed by atoms with E-state index in [1.807, 2.05) is 49.4 Å². The van der Waals surface area contributed by atoms with Gasteiger partial charge < -0.3 is 25.5 Å². The van der Waals surface area contributed by atoms with Crippen molar-refractivity contribution in [3.8, 4) is 5.75 Å².